The van der Waals surface area contributed by atoms with E-state index in [9.17, 15) is 0 Å². The molecule has 1 heterocycles. The Bertz CT molecular complexity index is 770. The van der Waals surface area contributed by atoms with Gasteiger partial charge in [-0.05, 0) is 22.1 Å². The highest BCUT2D eigenvalue weighted by Crippen LogP contribution is 2.28. The molecule has 1 nitrogen and oxygen atoms in total. The van der Waals surface area contributed by atoms with Crippen LogP contribution in [0.25, 0.3) is 6.08 Å². The predicted molar refractivity (Wildman–Crippen MR) is 94.0 cm³/mol. The fraction of sp³-hybridized carbons (Fsp3) is 0. The number of fused-ring (bicyclic) bond motifs is 1. The van der Waals surface area contributed by atoms with E-state index in [-0.39, 0.29) is 0 Å². The zero-order valence-corrected chi connectivity index (χ0v) is 13.1. The van der Waals surface area contributed by atoms with Gasteiger partial charge >= 0.3 is 8.32 Å². The summed E-state index contributed by atoms with van der Waals surface area (Å²) in [6, 6.07) is 29.4. The standard InChI is InChI=1S/C20H16OSi/c1-3-10-18(11-4-1)22(19-12-5-2-6-13-19)16-15-17-9-7-8-14-20(17)21-22/h1-16H. The van der Waals surface area contributed by atoms with E-state index in [1.165, 1.54) is 10.4 Å². The molecule has 1 aliphatic heterocycles. The molecule has 0 spiro atoms. The van der Waals surface area contributed by atoms with E-state index in [0.717, 1.165) is 11.3 Å². The third kappa shape index (κ3) is 2.09. The Hall–Kier alpha value is -2.58. The predicted octanol–water partition coefficient (Wildman–Crippen LogP) is 3.39. The van der Waals surface area contributed by atoms with Crippen molar-refractivity contribution in [2.75, 3.05) is 0 Å². The number of hydrogen-bond donors (Lipinski definition) is 0. The first-order valence-corrected chi connectivity index (χ1v) is 9.45. The topological polar surface area (TPSA) is 9.23 Å². The van der Waals surface area contributed by atoms with Gasteiger partial charge in [-0.25, -0.2) is 0 Å². The molecular weight excluding hydrogens is 284 g/mol. The minimum absolute atomic E-state index is 0.976. The molecule has 0 fully saturated rings. The first kappa shape index (κ1) is 13.1. The molecule has 0 bridgehead atoms. The van der Waals surface area contributed by atoms with Crippen LogP contribution >= 0.6 is 0 Å². The van der Waals surface area contributed by atoms with Gasteiger partial charge in [0, 0.05) is 5.56 Å². The lowest BCUT2D eigenvalue weighted by Crippen LogP contribution is -2.62. The molecule has 22 heavy (non-hydrogen) atoms. The molecule has 0 aromatic heterocycles. The maximum absolute atomic E-state index is 6.64. The molecule has 0 saturated heterocycles. The molecule has 0 N–H and O–H groups in total. The molecular formula is C20H16OSi. The number of para-hydroxylation sites is 1. The summed E-state index contributed by atoms with van der Waals surface area (Å²) in [7, 11) is -2.37. The molecule has 0 radical (unpaired) electrons. The quantitative estimate of drug-likeness (QED) is 0.659. The second-order valence-electron chi connectivity index (χ2n) is 5.44. The molecule has 0 saturated carbocycles. The van der Waals surface area contributed by atoms with Crippen LogP contribution in [-0.2, 0) is 0 Å². The van der Waals surface area contributed by atoms with Crippen LogP contribution in [-0.4, -0.2) is 8.32 Å². The molecule has 1 aliphatic rings. The van der Waals surface area contributed by atoms with Crippen molar-refractivity contribution in [3.05, 3.63) is 96.2 Å². The summed E-state index contributed by atoms with van der Waals surface area (Å²) < 4.78 is 6.64. The fourth-order valence-corrected chi connectivity index (χ4v) is 6.32. The van der Waals surface area contributed by atoms with Crippen molar-refractivity contribution in [3.8, 4) is 5.75 Å². The van der Waals surface area contributed by atoms with E-state index < -0.39 is 8.32 Å². The highest BCUT2D eigenvalue weighted by molar-refractivity contribution is 7.02. The summed E-state index contributed by atoms with van der Waals surface area (Å²) >= 11 is 0. The first-order chi connectivity index (χ1) is 10.9. The van der Waals surface area contributed by atoms with Crippen LogP contribution in [0.5, 0.6) is 5.75 Å². The Balaban J connectivity index is 1.93. The third-order valence-corrected chi connectivity index (χ3v) is 7.65. The minimum atomic E-state index is -2.37. The van der Waals surface area contributed by atoms with Crippen LogP contribution in [0, 0.1) is 0 Å². The van der Waals surface area contributed by atoms with Gasteiger partial charge in [-0.1, -0.05) is 84.9 Å². The molecule has 106 valence electrons. The van der Waals surface area contributed by atoms with Gasteiger partial charge in [-0.2, -0.15) is 0 Å². The zero-order chi connectivity index (χ0) is 14.8. The van der Waals surface area contributed by atoms with E-state index >= 15 is 0 Å². The second kappa shape index (κ2) is 5.32. The van der Waals surface area contributed by atoms with Crippen LogP contribution in [0.15, 0.2) is 90.6 Å². The maximum atomic E-state index is 6.64. The summed E-state index contributed by atoms with van der Waals surface area (Å²) in [4.78, 5) is 0. The van der Waals surface area contributed by atoms with Gasteiger partial charge in [0.05, 0.1) is 0 Å². The molecule has 3 aromatic carbocycles. The largest absolute Gasteiger partial charge is 0.530 e. The monoisotopic (exact) mass is 300 g/mol. The molecule has 0 aliphatic carbocycles. The van der Waals surface area contributed by atoms with Gasteiger partial charge < -0.3 is 4.43 Å². The van der Waals surface area contributed by atoms with Crippen molar-refractivity contribution in [1.29, 1.82) is 0 Å². The summed E-state index contributed by atoms with van der Waals surface area (Å²) in [5.74, 6) is 0.976. The number of hydrogen-bond acceptors (Lipinski definition) is 1. The zero-order valence-electron chi connectivity index (χ0n) is 12.1. The Morgan fingerprint density at radius 2 is 1.14 bits per heavy atom. The van der Waals surface area contributed by atoms with E-state index in [1.54, 1.807) is 0 Å². The highest BCUT2D eigenvalue weighted by Gasteiger charge is 2.41. The number of benzene rings is 3. The third-order valence-electron chi connectivity index (χ3n) is 4.09. The minimum Gasteiger partial charge on any atom is -0.530 e. The Morgan fingerprint density at radius 3 is 1.77 bits per heavy atom. The van der Waals surface area contributed by atoms with Crippen molar-refractivity contribution in [2.24, 2.45) is 0 Å². The van der Waals surface area contributed by atoms with E-state index in [1.807, 2.05) is 12.1 Å². The van der Waals surface area contributed by atoms with Gasteiger partial charge in [-0.15, -0.1) is 0 Å². The average molecular weight is 300 g/mol. The molecule has 0 atom stereocenters. The normalized spacial score (nSPS) is 14.9. The van der Waals surface area contributed by atoms with Gasteiger partial charge in [-0.3, -0.25) is 0 Å². The maximum Gasteiger partial charge on any atom is 0.339 e. The molecule has 0 amide bonds. The van der Waals surface area contributed by atoms with Crippen molar-refractivity contribution in [2.45, 2.75) is 0 Å². The van der Waals surface area contributed by atoms with Crippen molar-refractivity contribution >= 4 is 24.8 Å². The van der Waals surface area contributed by atoms with Crippen LogP contribution in [0.2, 0.25) is 0 Å². The summed E-state index contributed by atoms with van der Waals surface area (Å²) in [6.07, 6.45) is 2.21. The lowest BCUT2D eigenvalue weighted by Gasteiger charge is -2.33. The van der Waals surface area contributed by atoms with Gasteiger partial charge in [0.25, 0.3) is 0 Å². The molecule has 3 aromatic rings. The van der Waals surface area contributed by atoms with Crippen molar-refractivity contribution in [3.63, 3.8) is 0 Å². The van der Waals surface area contributed by atoms with E-state index in [2.05, 4.69) is 84.6 Å². The Kier molecular flexibility index (Phi) is 3.17. The highest BCUT2D eigenvalue weighted by atomic mass is 28.4. The van der Waals surface area contributed by atoms with E-state index in [4.69, 9.17) is 4.43 Å². The van der Waals surface area contributed by atoms with Crippen molar-refractivity contribution in [1.82, 2.24) is 0 Å². The second-order valence-corrected chi connectivity index (χ2v) is 8.60. The van der Waals surface area contributed by atoms with Crippen LogP contribution in [0.1, 0.15) is 5.56 Å². The lowest BCUT2D eigenvalue weighted by molar-refractivity contribution is 0.571. The van der Waals surface area contributed by atoms with Gasteiger partial charge in [0.1, 0.15) is 5.75 Å². The fourth-order valence-electron chi connectivity index (χ4n) is 2.97. The average Bonchev–Trinajstić information content (AvgIpc) is 2.63. The smallest absolute Gasteiger partial charge is 0.339 e. The lowest BCUT2D eigenvalue weighted by atomic mass is 10.2. The molecule has 4 rings (SSSR count). The number of rotatable bonds is 2. The Morgan fingerprint density at radius 1 is 0.591 bits per heavy atom. The molecule has 2 heteroatoms. The van der Waals surface area contributed by atoms with E-state index in [0.29, 0.717) is 0 Å². The van der Waals surface area contributed by atoms with Crippen LogP contribution in [0.4, 0.5) is 0 Å². The van der Waals surface area contributed by atoms with Crippen LogP contribution in [0.3, 0.4) is 0 Å². The SMILES string of the molecule is C1=C[Si](c2ccccc2)(c2ccccc2)Oc2ccccc21. The summed E-state index contributed by atoms with van der Waals surface area (Å²) in [6.45, 7) is 0. The van der Waals surface area contributed by atoms with Gasteiger partial charge in [0.15, 0.2) is 0 Å². The Labute approximate surface area is 131 Å². The summed E-state index contributed by atoms with van der Waals surface area (Å²) in [5.41, 5.74) is 3.44. The van der Waals surface area contributed by atoms with Crippen molar-refractivity contribution < 1.29 is 4.43 Å². The first-order valence-electron chi connectivity index (χ1n) is 7.47. The van der Waals surface area contributed by atoms with Crippen LogP contribution < -0.4 is 14.8 Å². The summed E-state index contributed by atoms with van der Waals surface area (Å²) in [5, 5.41) is 2.54. The molecule has 0 unspecified atom stereocenters. The van der Waals surface area contributed by atoms with Gasteiger partial charge in [0.2, 0.25) is 0 Å².